The van der Waals surface area contributed by atoms with E-state index in [-0.39, 0.29) is 5.41 Å². The Balaban J connectivity index is 1.98. The molecule has 4 rings (SSSR count). The third kappa shape index (κ3) is 3.63. The molecular formula is C22H24ClN5OS. The Morgan fingerprint density at radius 1 is 1.13 bits per heavy atom. The molecule has 0 aliphatic rings. The number of halogens is 1. The predicted octanol–water partition coefficient (Wildman–Crippen LogP) is 4.43. The molecule has 1 aromatic carbocycles. The maximum absolute atomic E-state index is 6.24. The van der Waals surface area contributed by atoms with Gasteiger partial charge in [-0.25, -0.2) is 0 Å². The highest BCUT2D eigenvalue weighted by atomic mass is 35.5. The van der Waals surface area contributed by atoms with Crippen LogP contribution in [-0.2, 0) is 5.41 Å². The van der Waals surface area contributed by atoms with Crippen molar-refractivity contribution in [1.82, 2.24) is 19.8 Å². The Bertz CT molecular complexity index is 1270. The average molecular weight is 442 g/mol. The molecule has 0 saturated carbocycles. The van der Waals surface area contributed by atoms with Gasteiger partial charge in [0.25, 0.3) is 0 Å². The van der Waals surface area contributed by atoms with Gasteiger partial charge in [-0.15, -0.1) is 21.5 Å². The fraction of sp³-hybridized carbons (Fsp3) is 0.318. The van der Waals surface area contributed by atoms with Gasteiger partial charge in [-0.2, -0.15) is 9.61 Å². The fourth-order valence-corrected chi connectivity index (χ4v) is 4.36. The van der Waals surface area contributed by atoms with Gasteiger partial charge in [0, 0.05) is 34.6 Å². The van der Waals surface area contributed by atoms with Gasteiger partial charge in [-0.05, 0) is 36.4 Å². The molecule has 30 heavy (non-hydrogen) atoms. The smallest absolute Gasteiger partial charge is 0.189 e. The maximum Gasteiger partial charge on any atom is 0.189 e. The van der Waals surface area contributed by atoms with E-state index in [1.165, 1.54) is 5.00 Å². The van der Waals surface area contributed by atoms with Gasteiger partial charge in [0.15, 0.2) is 11.5 Å². The SMILES string of the molecule is COc1ccc(Cl)cc1-c1nnc2/c(=C\c3ccc(N(C)C)s3)c(C(C)(C)C)nn12. The van der Waals surface area contributed by atoms with Crippen molar-refractivity contribution in [2.45, 2.75) is 26.2 Å². The van der Waals surface area contributed by atoms with Gasteiger partial charge in [-0.3, -0.25) is 0 Å². The molecule has 156 valence electrons. The van der Waals surface area contributed by atoms with E-state index in [1.54, 1.807) is 29.0 Å². The summed E-state index contributed by atoms with van der Waals surface area (Å²) in [6.45, 7) is 6.45. The van der Waals surface area contributed by atoms with Crippen molar-refractivity contribution < 1.29 is 4.74 Å². The Labute approximate surface area is 184 Å². The van der Waals surface area contributed by atoms with Crippen molar-refractivity contribution in [3.63, 3.8) is 0 Å². The van der Waals surface area contributed by atoms with Gasteiger partial charge < -0.3 is 9.64 Å². The molecule has 0 unspecified atom stereocenters. The number of rotatable bonds is 4. The number of fused-ring (bicyclic) bond motifs is 1. The van der Waals surface area contributed by atoms with Crippen molar-refractivity contribution in [1.29, 1.82) is 0 Å². The standard InChI is InChI=1S/C22H24ClN5OS/c1-22(2,3)19-16(12-14-8-10-18(30-14)27(4)5)21-25-24-20(28(21)26-19)15-11-13(23)7-9-17(15)29-6/h7-12H,1-6H3/b16-12-. The molecule has 0 aliphatic heterocycles. The Morgan fingerprint density at radius 2 is 1.90 bits per heavy atom. The van der Waals surface area contributed by atoms with Crippen LogP contribution in [-0.4, -0.2) is 41.0 Å². The van der Waals surface area contributed by atoms with E-state index in [4.69, 9.17) is 21.4 Å². The minimum Gasteiger partial charge on any atom is -0.496 e. The van der Waals surface area contributed by atoms with E-state index in [9.17, 15) is 0 Å². The zero-order valence-corrected chi connectivity index (χ0v) is 19.5. The summed E-state index contributed by atoms with van der Waals surface area (Å²) in [5, 5.41) is 16.6. The van der Waals surface area contributed by atoms with Gasteiger partial charge in [-0.1, -0.05) is 32.4 Å². The van der Waals surface area contributed by atoms with E-state index in [1.807, 2.05) is 26.2 Å². The number of benzene rings is 1. The molecule has 0 aliphatic carbocycles. The Kier molecular flexibility index (Phi) is 5.20. The monoisotopic (exact) mass is 441 g/mol. The van der Waals surface area contributed by atoms with Crippen LogP contribution in [0.3, 0.4) is 0 Å². The van der Waals surface area contributed by atoms with Crippen LogP contribution in [0.1, 0.15) is 31.3 Å². The minimum atomic E-state index is -0.163. The molecule has 0 bridgehead atoms. The zero-order chi connectivity index (χ0) is 21.6. The summed E-state index contributed by atoms with van der Waals surface area (Å²) in [4.78, 5) is 3.25. The van der Waals surface area contributed by atoms with E-state index in [0.717, 1.165) is 27.0 Å². The zero-order valence-electron chi connectivity index (χ0n) is 17.9. The van der Waals surface area contributed by atoms with Crippen LogP contribution in [0.5, 0.6) is 5.75 Å². The summed E-state index contributed by atoms with van der Waals surface area (Å²) >= 11 is 7.97. The normalized spacial score (nSPS) is 12.7. The van der Waals surface area contributed by atoms with Crippen LogP contribution in [0.15, 0.2) is 30.3 Å². The number of anilines is 1. The van der Waals surface area contributed by atoms with E-state index in [2.05, 4.69) is 54.1 Å². The van der Waals surface area contributed by atoms with Crippen molar-refractivity contribution in [2.75, 3.05) is 26.1 Å². The molecule has 0 N–H and O–H groups in total. The quantitative estimate of drug-likeness (QED) is 0.469. The molecule has 0 amide bonds. The second kappa shape index (κ2) is 7.56. The predicted molar refractivity (Wildman–Crippen MR) is 124 cm³/mol. The first-order valence-electron chi connectivity index (χ1n) is 9.57. The highest BCUT2D eigenvalue weighted by Crippen LogP contribution is 2.32. The summed E-state index contributed by atoms with van der Waals surface area (Å²) in [6.07, 6.45) is 2.15. The average Bonchev–Trinajstić information content (AvgIpc) is 3.37. The highest BCUT2D eigenvalue weighted by Gasteiger charge is 2.25. The lowest BCUT2D eigenvalue weighted by Gasteiger charge is -2.14. The second-order valence-electron chi connectivity index (χ2n) is 8.33. The van der Waals surface area contributed by atoms with Gasteiger partial charge in [0.2, 0.25) is 0 Å². The van der Waals surface area contributed by atoms with E-state index < -0.39 is 0 Å². The first-order chi connectivity index (χ1) is 14.2. The summed E-state index contributed by atoms with van der Waals surface area (Å²) < 4.78 is 7.31. The van der Waals surface area contributed by atoms with Crippen LogP contribution in [0, 0.1) is 0 Å². The molecule has 6 nitrogen and oxygen atoms in total. The number of aromatic nitrogens is 4. The van der Waals surface area contributed by atoms with Gasteiger partial charge in [0.05, 0.1) is 23.4 Å². The number of hydrogen-bond acceptors (Lipinski definition) is 6. The third-order valence-corrected chi connectivity index (χ3v) is 6.22. The first kappa shape index (κ1) is 20.6. The lowest BCUT2D eigenvalue weighted by atomic mass is 9.91. The summed E-state index contributed by atoms with van der Waals surface area (Å²) in [5.74, 6) is 1.28. The molecule has 0 atom stereocenters. The maximum atomic E-state index is 6.24. The lowest BCUT2D eigenvalue weighted by Crippen LogP contribution is -2.22. The van der Waals surface area contributed by atoms with Crippen molar-refractivity contribution in [3.05, 3.63) is 51.1 Å². The molecule has 3 heterocycles. The number of nitrogens with zero attached hydrogens (tertiary/aromatic N) is 5. The van der Waals surface area contributed by atoms with Crippen LogP contribution in [0.4, 0.5) is 5.00 Å². The summed E-state index contributed by atoms with van der Waals surface area (Å²) in [7, 11) is 5.71. The number of hydrogen-bond donors (Lipinski definition) is 0. The van der Waals surface area contributed by atoms with Crippen LogP contribution >= 0.6 is 22.9 Å². The van der Waals surface area contributed by atoms with E-state index in [0.29, 0.717) is 16.6 Å². The third-order valence-electron chi connectivity index (χ3n) is 4.79. The fourth-order valence-electron chi connectivity index (χ4n) is 3.31. The highest BCUT2D eigenvalue weighted by molar-refractivity contribution is 7.16. The summed E-state index contributed by atoms with van der Waals surface area (Å²) in [6, 6.07) is 9.68. The van der Waals surface area contributed by atoms with Crippen LogP contribution in [0.2, 0.25) is 5.02 Å². The second-order valence-corrected chi connectivity index (χ2v) is 9.86. The molecule has 0 spiro atoms. The first-order valence-corrected chi connectivity index (χ1v) is 10.8. The topological polar surface area (TPSA) is 55.6 Å². The number of methoxy groups -OCH3 is 1. The Morgan fingerprint density at radius 3 is 2.53 bits per heavy atom. The van der Waals surface area contributed by atoms with Crippen molar-refractivity contribution in [2.24, 2.45) is 0 Å². The largest absolute Gasteiger partial charge is 0.496 e. The minimum absolute atomic E-state index is 0.163. The van der Waals surface area contributed by atoms with Crippen LogP contribution < -0.4 is 14.9 Å². The van der Waals surface area contributed by atoms with Gasteiger partial charge in [0.1, 0.15) is 5.75 Å². The van der Waals surface area contributed by atoms with Crippen LogP contribution in [0.25, 0.3) is 23.1 Å². The number of thiophene rings is 1. The molecule has 4 aromatic rings. The van der Waals surface area contributed by atoms with Crippen molar-refractivity contribution >= 4 is 39.7 Å². The molecule has 0 fully saturated rings. The molecule has 0 radical (unpaired) electrons. The molecular weight excluding hydrogens is 418 g/mol. The Hall–Kier alpha value is -2.64. The lowest BCUT2D eigenvalue weighted by molar-refractivity contribution is 0.416. The van der Waals surface area contributed by atoms with Gasteiger partial charge >= 0.3 is 0 Å². The molecule has 3 aromatic heterocycles. The molecule has 0 saturated heterocycles. The van der Waals surface area contributed by atoms with E-state index >= 15 is 0 Å². The number of ether oxygens (including phenoxy) is 1. The van der Waals surface area contributed by atoms with Crippen molar-refractivity contribution in [3.8, 4) is 17.1 Å². The molecule has 8 heteroatoms. The summed E-state index contributed by atoms with van der Waals surface area (Å²) in [5.41, 5.74) is 2.28.